The zero-order valence-corrected chi connectivity index (χ0v) is 17.2. The molecule has 6 heteroatoms. The van der Waals surface area contributed by atoms with Crippen LogP contribution in [-0.4, -0.2) is 37.5 Å². The van der Waals surface area contributed by atoms with E-state index >= 15 is 0 Å². The van der Waals surface area contributed by atoms with Crippen LogP contribution in [0.4, 0.5) is 5.69 Å². The van der Waals surface area contributed by atoms with Crippen molar-refractivity contribution in [2.24, 2.45) is 0 Å². The molecule has 2 atom stereocenters. The van der Waals surface area contributed by atoms with E-state index in [0.29, 0.717) is 13.0 Å². The van der Waals surface area contributed by atoms with Crippen LogP contribution in [0.1, 0.15) is 24.5 Å². The Morgan fingerprint density at radius 3 is 2.54 bits per heavy atom. The predicted molar refractivity (Wildman–Crippen MR) is 115 cm³/mol. The van der Waals surface area contributed by atoms with E-state index in [0.717, 1.165) is 24.1 Å². The zero-order valence-electron chi connectivity index (χ0n) is 16.4. The van der Waals surface area contributed by atoms with Crippen LogP contribution in [0.5, 0.6) is 0 Å². The van der Waals surface area contributed by atoms with Crippen molar-refractivity contribution in [3.05, 3.63) is 65.7 Å². The van der Waals surface area contributed by atoms with Crippen LogP contribution in [0, 0.1) is 0 Å². The monoisotopic (exact) mass is 401 g/mol. The molecule has 28 heavy (non-hydrogen) atoms. The van der Waals surface area contributed by atoms with E-state index < -0.39 is 6.04 Å². The first-order valence-electron chi connectivity index (χ1n) is 9.51. The van der Waals surface area contributed by atoms with Gasteiger partial charge in [-0.3, -0.25) is 9.59 Å². The van der Waals surface area contributed by atoms with Crippen LogP contribution >= 0.6 is 12.4 Å². The molecule has 0 saturated heterocycles. The van der Waals surface area contributed by atoms with Crippen molar-refractivity contribution < 1.29 is 9.59 Å². The van der Waals surface area contributed by atoms with Crippen molar-refractivity contribution in [3.8, 4) is 0 Å². The molecule has 2 aromatic rings. The average molecular weight is 402 g/mol. The Bertz CT molecular complexity index is 797. The first kappa shape index (κ1) is 21.9. The summed E-state index contributed by atoms with van der Waals surface area (Å²) in [6.07, 6.45) is 2.15. The van der Waals surface area contributed by atoms with Gasteiger partial charge in [0.1, 0.15) is 6.04 Å². The Hall–Kier alpha value is -2.37. The Morgan fingerprint density at radius 1 is 1.14 bits per heavy atom. The highest BCUT2D eigenvalue weighted by molar-refractivity contribution is 6.00. The van der Waals surface area contributed by atoms with E-state index in [9.17, 15) is 9.59 Å². The second-order valence-electron chi connectivity index (χ2n) is 6.96. The summed E-state index contributed by atoms with van der Waals surface area (Å²) >= 11 is 0. The summed E-state index contributed by atoms with van der Waals surface area (Å²) in [5.41, 5.74) is 3.30. The van der Waals surface area contributed by atoms with Crippen LogP contribution in [0.3, 0.4) is 0 Å². The lowest BCUT2D eigenvalue weighted by Gasteiger charge is -2.27. The summed E-state index contributed by atoms with van der Waals surface area (Å²) in [5, 5.41) is 5.85. The first-order valence-corrected chi connectivity index (χ1v) is 9.51. The van der Waals surface area contributed by atoms with E-state index in [1.807, 2.05) is 41.3 Å². The van der Waals surface area contributed by atoms with Gasteiger partial charge < -0.3 is 15.5 Å². The molecule has 0 aliphatic carbocycles. The van der Waals surface area contributed by atoms with Crippen LogP contribution in [0.15, 0.2) is 54.6 Å². The molecular weight excluding hydrogens is 374 g/mol. The molecule has 3 rings (SSSR count). The molecule has 1 aliphatic rings. The Morgan fingerprint density at radius 2 is 1.82 bits per heavy atom. The highest BCUT2D eigenvalue weighted by Crippen LogP contribution is 2.27. The number of anilines is 1. The number of aryl methyl sites for hydroxylation is 1. The molecule has 0 bridgehead atoms. The highest BCUT2D eigenvalue weighted by atomic mass is 35.5. The molecular formula is C22H28ClN3O2. The Labute approximate surface area is 172 Å². The number of benzene rings is 2. The molecule has 2 aromatic carbocycles. The number of para-hydroxylation sites is 1. The molecule has 150 valence electrons. The molecule has 5 nitrogen and oxygen atoms in total. The predicted octanol–water partition coefficient (Wildman–Crippen LogP) is 2.72. The van der Waals surface area contributed by atoms with Crippen LogP contribution in [-0.2, 0) is 22.4 Å². The molecule has 2 N–H and O–H groups in total. The molecule has 0 radical (unpaired) electrons. The molecule has 1 heterocycles. The standard InChI is InChI=1S/C22H27N3O2.ClH/c1-16(23-2)21(26)24-19-13-12-18-10-6-7-11-20(18)25(22(19)27)15-14-17-8-4-3-5-9-17;/h3-11,16,19,23H,12-15H2,1-2H3,(H,24,26);1H/t16-,19?;/m0./s1. The van der Waals surface area contributed by atoms with Gasteiger partial charge in [-0.2, -0.15) is 0 Å². The van der Waals surface area contributed by atoms with E-state index in [1.54, 1.807) is 14.0 Å². The van der Waals surface area contributed by atoms with Gasteiger partial charge in [0.25, 0.3) is 0 Å². The number of likely N-dealkylation sites (N-methyl/N-ethyl adjacent to an activating group) is 1. The van der Waals surface area contributed by atoms with E-state index in [1.165, 1.54) is 5.56 Å². The van der Waals surface area contributed by atoms with Gasteiger partial charge >= 0.3 is 0 Å². The number of carbonyl (C=O) groups is 2. The van der Waals surface area contributed by atoms with Gasteiger partial charge in [0.05, 0.1) is 6.04 Å². The maximum atomic E-state index is 13.3. The minimum atomic E-state index is -0.503. The third-order valence-electron chi connectivity index (χ3n) is 5.16. The van der Waals surface area contributed by atoms with Crippen molar-refractivity contribution in [1.29, 1.82) is 0 Å². The number of nitrogens with zero attached hydrogens (tertiary/aromatic N) is 1. The van der Waals surface area contributed by atoms with Crippen molar-refractivity contribution in [2.75, 3.05) is 18.5 Å². The average Bonchev–Trinajstić information content (AvgIpc) is 2.83. The largest absolute Gasteiger partial charge is 0.343 e. The number of fused-ring (bicyclic) bond motifs is 1. The summed E-state index contributed by atoms with van der Waals surface area (Å²) in [7, 11) is 1.74. The quantitative estimate of drug-likeness (QED) is 0.782. The second kappa shape index (κ2) is 10.2. The summed E-state index contributed by atoms with van der Waals surface area (Å²) < 4.78 is 0. The van der Waals surface area contributed by atoms with E-state index in [2.05, 4.69) is 28.8 Å². The van der Waals surface area contributed by atoms with Gasteiger partial charge in [-0.05, 0) is 50.4 Å². The highest BCUT2D eigenvalue weighted by Gasteiger charge is 2.31. The zero-order chi connectivity index (χ0) is 19.2. The number of hydrogen-bond donors (Lipinski definition) is 2. The number of amides is 2. The summed E-state index contributed by atoms with van der Waals surface area (Å²) in [4.78, 5) is 27.4. The van der Waals surface area contributed by atoms with Gasteiger partial charge in [-0.25, -0.2) is 0 Å². The van der Waals surface area contributed by atoms with Gasteiger partial charge in [0, 0.05) is 12.2 Å². The second-order valence-corrected chi connectivity index (χ2v) is 6.96. The number of carbonyl (C=O) groups excluding carboxylic acids is 2. The third kappa shape index (κ3) is 5.12. The van der Waals surface area contributed by atoms with Crippen LogP contribution in [0.25, 0.3) is 0 Å². The smallest absolute Gasteiger partial charge is 0.249 e. The van der Waals surface area contributed by atoms with Gasteiger partial charge in [-0.15, -0.1) is 12.4 Å². The van der Waals surface area contributed by atoms with Crippen LogP contribution in [0.2, 0.25) is 0 Å². The maximum absolute atomic E-state index is 13.3. The summed E-state index contributed by atoms with van der Waals surface area (Å²) in [6.45, 7) is 2.38. The Balaban J connectivity index is 0.00000280. The summed E-state index contributed by atoms with van der Waals surface area (Å²) in [5.74, 6) is -0.183. The fourth-order valence-electron chi connectivity index (χ4n) is 3.39. The number of nitrogens with one attached hydrogen (secondary N) is 2. The van der Waals surface area contributed by atoms with Gasteiger partial charge in [0.2, 0.25) is 11.8 Å². The number of rotatable bonds is 6. The fraction of sp³-hybridized carbons (Fsp3) is 0.364. The van der Waals surface area contributed by atoms with Crippen molar-refractivity contribution in [2.45, 2.75) is 38.3 Å². The van der Waals surface area contributed by atoms with Crippen LogP contribution < -0.4 is 15.5 Å². The lowest BCUT2D eigenvalue weighted by Crippen LogP contribution is -2.52. The summed E-state index contributed by atoms with van der Waals surface area (Å²) in [6, 6.07) is 17.3. The molecule has 0 fully saturated rings. The lowest BCUT2D eigenvalue weighted by atomic mass is 10.1. The fourth-order valence-corrected chi connectivity index (χ4v) is 3.39. The minimum Gasteiger partial charge on any atom is -0.343 e. The number of hydrogen-bond acceptors (Lipinski definition) is 3. The minimum absolute atomic E-state index is 0. The third-order valence-corrected chi connectivity index (χ3v) is 5.16. The molecule has 2 amide bonds. The molecule has 0 aromatic heterocycles. The Kier molecular flexibility index (Phi) is 8.03. The molecule has 1 aliphatic heterocycles. The lowest BCUT2D eigenvalue weighted by molar-refractivity contribution is -0.128. The van der Waals surface area contributed by atoms with Crippen molar-refractivity contribution in [1.82, 2.24) is 10.6 Å². The van der Waals surface area contributed by atoms with Gasteiger partial charge in [0.15, 0.2) is 0 Å². The number of halogens is 1. The molecule has 0 spiro atoms. The van der Waals surface area contributed by atoms with Crippen molar-refractivity contribution in [3.63, 3.8) is 0 Å². The van der Waals surface area contributed by atoms with E-state index in [-0.39, 0.29) is 30.3 Å². The van der Waals surface area contributed by atoms with Crippen molar-refractivity contribution >= 4 is 29.9 Å². The normalized spacial score (nSPS) is 17.1. The van der Waals surface area contributed by atoms with E-state index in [4.69, 9.17) is 0 Å². The van der Waals surface area contributed by atoms with Gasteiger partial charge in [-0.1, -0.05) is 48.5 Å². The molecule has 1 unspecified atom stereocenters. The maximum Gasteiger partial charge on any atom is 0.249 e. The molecule has 0 saturated carbocycles. The first-order chi connectivity index (χ1) is 13.1. The SMILES string of the molecule is CN[C@@H](C)C(=O)NC1CCc2ccccc2N(CCc2ccccc2)C1=O.Cl. The topological polar surface area (TPSA) is 61.4 Å².